The molecule has 2 aliphatic rings. The summed E-state index contributed by atoms with van der Waals surface area (Å²) < 4.78 is 0. The molecule has 0 bridgehead atoms. The molecule has 6 nitrogen and oxygen atoms in total. The number of rotatable bonds is 8. The number of aliphatic hydroxyl groups is 1. The molecule has 2 rings (SSSR count). The van der Waals surface area contributed by atoms with Gasteiger partial charge in [-0.3, -0.25) is 9.59 Å². The standard InChI is InChI=1S/C18H33N3O3/c1-20(12-9-16(19)22)14-18(24)10-5-11-21(17(18)23)13-8-15-6-3-2-4-7-15/h15,24H,2-14H2,1H3,(H2,19,22). The van der Waals surface area contributed by atoms with Crippen molar-refractivity contribution in [3.63, 3.8) is 0 Å². The third-order valence-corrected chi connectivity index (χ3v) is 5.51. The van der Waals surface area contributed by atoms with Gasteiger partial charge in [-0.2, -0.15) is 0 Å². The Hall–Kier alpha value is -1.14. The van der Waals surface area contributed by atoms with Gasteiger partial charge >= 0.3 is 0 Å². The molecule has 6 heteroatoms. The molecule has 1 atom stereocenters. The lowest BCUT2D eigenvalue weighted by atomic mass is 9.86. The molecule has 1 saturated heterocycles. The van der Waals surface area contributed by atoms with Crippen LogP contribution in [0, 0.1) is 5.92 Å². The quantitative estimate of drug-likeness (QED) is 0.694. The van der Waals surface area contributed by atoms with Crippen molar-refractivity contribution in [1.82, 2.24) is 9.80 Å². The number of carbonyl (C=O) groups is 2. The average molecular weight is 339 g/mol. The van der Waals surface area contributed by atoms with E-state index in [2.05, 4.69) is 0 Å². The lowest BCUT2D eigenvalue weighted by Gasteiger charge is -2.40. The Labute approximate surface area is 145 Å². The number of nitrogens with two attached hydrogens (primary N) is 1. The third-order valence-electron chi connectivity index (χ3n) is 5.51. The highest BCUT2D eigenvalue weighted by atomic mass is 16.3. The highest BCUT2D eigenvalue weighted by Crippen LogP contribution is 2.28. The first-order chi connectivity index (χ1) is 11.4. The highest BCUT2D eigenvalue weighted by Gasteiger charge is 2.42. The maximum Gasteiger partial charge on any atom is 0.255 e. The van der Waals surface area contributed by atoms with Crippen LogP contribution < -0.4 is 5.73 Å². The minimum absolute atomic E-state index is 0.143. The summed E-state index contributed by atoms with van der Waals surface area (Å²) in [5.41, 5.74) is 3.84. The number of carbonyl (C=O) groups excluding carboxylic acids is 2. The van der Waals surface area contributed by atoms with Crippen LogP contribution in [-0.4, -0.2) is 65.5 Å². The molecule has 1 aliphatic heterocycles. The first-order valence-electron chi connectivity index (χ1n) is 9.39. The zero-order valence-electron chi connectivity index (χ0n) is 15.0. The maximum absolute atomic E-state index is 12.8. The Morgan fingerprint density at radius 3 is 2.71 bits per heavy atom. The third kappa shape index (κ3) is 5.45. The van der Waals surface area contributed by atoms with Crippen molar-refractivity contribution in [3.05, 3.63) is 0 Å². The predicted octanol–water partition coefficient (Wildman–Crippen LogP) is 1.12. The zero-order chi connectivity index (χ0) is 17.6. The van der Waals surface area contributed by atoms with Crippen molar-refractivity contribution < 1.29 is 14.7 Å². The van der Waals surface area contributed by atoms with E-state index >= 15 is 0 Å². The van der Waals surface area contributed by atoms with E-state index in [1.165, 1.54) is 32.1 Å². The van der Waals surface area contributed by atoms with Crippen LogP contribution in [0.3, 0.4) is 0 Å². The zero-order valence-corrected chi connectivity index (χ0v) is 15.0. The van der Waals surface area contributed by atoms with Gasteiger partial charge in [0, 0.05) is 32.6 Å². The number of likely N-dealkylation sites (N-methyl/N-ethyl adjacent to an activating group) is 1. The number of amides is 2. The van der Waals surface area contributed by atoms with Gasteiger partial charge in [0.1, 0.15) is 0 Å². The molecular weight excluding hydrogens is 306 g/mol. The van der Waals surface area contributed by atoms with E-state index in [-0.39, 0.29) is 24.8 Å². The van der Waals surface area contributed by atoms with E-state index < -0.39 is 5.60 Å². The fourth-order valence-electron chi connectivity index (χ4n) is 4.07. The second-order valence-electron chi connectivity index (χ2n) is 7.67. The summed E-state index contributed by atoms with van der Waals surface area (Å²) in [6.45, 7) is 2.24. The molecule has 2 fully saturated rings. The van der Waals surface area contributed by atoms with E-state index in [4.69, 9.17) is 5.73 Å². The minimum atomic E-state index is -1.32. The SMILES string of the molecule is CN(CCC(N)=O)CC1(O)CCCN(CCC2CCCCC2)C1=O. The van der Waals surface area contributed by atoms with Crippen molar-refractivity contribution >= 4 is 11.8 Å². The highest BCUT2D eigenvalue weighted by molar-refractivity contribution is 5.86. The topological polar surface area (TPSA) is 86.9 Å². The van der Waals surface area contributed by atoms with Gasteiger partial charge in [-0.1, -0.05) is 32.1 Å². The van der Waals surface area contributed by atoms with Gasteiger partial charge < -0.3 is 20.6 Å². The molecule has 3 N–H and O–H groups in total. The lowest BCUT2D eigenvalue weighted by molar-refractivity contribution is -0.159. The molecule has 1 unspecified atom stereocenters. The fraction of sp³-hybridized carbons (Fsp3) is 0.889. The lowest BCUT2D eigenvalue weighted by Crippen LogP contribution is -2.58. The molecule has 1 saturated carbocycles. The number of primary amides is 1. The fourth-order valence-corrected chi connectivity index (χ4v) is 4.07. The van der Waals surface area contributed by atoms with Crippen molar-refractivity contribution in [2.24, 2.45) is 11.7 Å². The number of piperidine rings is 1. The largest absolute Gasteiger partial charge is 0.379 e. The monoisotopic (exact) mass is 339 g/mol. The van der Waals surface area contributed by atoms with E-state index in [1.807, 2.05) is 16.8 Å². The summed E-state index contributed by atoms with van der Waals surface area (Å²) in [6, 6.07) is 0. The van der Waals surface area contributed by atoms with Crippen molar-refractivity contribution in [2.75, 3.05) is 33.2 Å². The van der Waals surface area contributed by atoms with Crippen LogP contribution in [0.5, 0.6) is 0 Å². The molecular formula is C18H33N3O3. The molecule has 24 heavy (non-hydrogen) atoms. The summed E-state index contributed by atoms with van der Waals surface area (Å²) in [6.07, 6.45) is 9.15. The van der Waals surface area contributed by atoms with Gasteiger partial charge in [-0.15, -0.1) is 0 Å². The first kappa shape index (κ1) is 19.2. The summed E-state index contributed by atoms with van der Waals surface area (Å²) in [4.78, 5) is 27.3. The predicted molar refractivity (Wildman–Crippen MR) is 93.3 cm³/mol. The molecule has 1 heterocycles. The molecule has 1 aliphatic carbocycles. The van der Waals surface area contributed by atoms with Gasteiger partial charge in [0.25, 0.3) is 5.91 Å². The van der Waals surface area contributed by atoms with Gasteiger partial charge in [0.15, 0.2) is 5.60 Å². The van der Waals surface area contributed by atoms with Gasteiger partial charge in [0.05, 0.1) is 0 Å². The summed E-state index contributed by atoms with van der Waals surface area (Å²) in [5.74, 6) is 0.230. The smallest absolute Gasteiger partial charge is 0.255 e. The van der Waals surface area contributed by atoms with Crippen LogP contribution in [0.4, 0.5) is 0 Å². The van der Waals surface area contributed by atoms with Gasteiger partial charge in [-0.25, -0.2) is 0 Å². The van der Waals surface area contributed by atoms with Gasteiger partial charge in [0.2, 0.25) is 5.91 Å². The normalized spacial score (nSPS) is 26.1. The molecule has 0 aromatic carbocycles. The summed E-state index contributed by atoms with van der Waals surface area (Å²) >= 11 is 0. The average Bonchev–Trinajstić information content (AvgIpc) is 2.55. The Balaban J connectivity index is 1.84. The number of hydrogen-bond acceptors (Lipinski definition) is 4. The van der Waals surface area contributed by atoms with Crippen LogP contribution in [0.1, 0.15) is 57.8 Å². The van der Waals surface area contributed by atoms with Crippen LogP contribution in [-0.2, 0) is 9.59 Å². The number of nitrogens with zero attached hydrogens (tertiary/aromatic N) is 2. The van der Waals surface area contributed by atoms with Crippen molar-refractivity contribution in [2.45, 2.75) is 63.4 Å². The van der Waals surface area contributed by atoms with Crippen LogP contribution >= 0.6 is 0 Å². The second-order valence-corrected chi connectivity index (χ2v) is 7.67. The Bertz CT molecular complexity index is 437. The molecule has 0 aromatic heterocycles. The molecule has 138 valence electrons. The molecule has 0 aromatic rings. The van der Waals surface area contributed by atoms with Crippen molar-refractivity contribution in [3.8, 4) is 0 Å². The maximum atomic E-state index is 12.8. The molecule has 0 radical (unpaired) electrons. The Kier molecular flexibility index (Phi) is 7.04. The van der Waals surface area contributed by atoms with Crippen LogP contribution in [0.2, 0.25) is 0 Å². The van der Waals surface area contributed by atoms with E-state index in [9.17, 15) is 14.7 Å². The second kappa shape index (κ2) is 8.81. The van der Waals surface area contributed by atoms with Crippen molar-refractivity contribution in [1.29, 1.82) is 0 Å². The van der Waals surface area contributed by atoms with E-state index in [1.54, 1.807) is 0 Å². The number of likely N-dealkylation sites (tertiary alicyclic amines) is 1. The Morgan fingerprint density at radius 1 is 1.33 bits per heavy atom. The summed E-state index contributed by atoms with van der Waals surface area (Å²) in [5, 5.41) is 10.8. The first-order valence-corrected chi connectivity index (χ1v) is 9.39. The summed E-state index contributed by atoms with van der Waals surface area (Å²) in [7, 11) is 1.81. The van der Waals surface area contributed by atoms with Gasteiger partial charge in [-0.05, 0) is 32.2 Å². The van der Waals surface area contributed by atoms with Crippen LogP contribution in [0.15, 0.2) is 0 Å². The van der Waals surface area contributed by atoms with E-state index in [0.717, 1.165) is 31.8 Å². The Morgan fingerprint density at radius 2 is 2.04 bits per heavy atom. The van der Waals surface area contributed by atoms with E-state index in [0.29, 0.717) is 13.0 Å². The minimum Gasteiger partial charge on any atom is -0.379 e. The molecule has 0 spiro atoms. The number of hydrogen-bond donors (Lipinski definition) is 2. The van der Waals surface area contributed by atoms with Crippen LogP contribution in [0.25, 0.3) is 0 Å². The molecule has 2 amide bonds.